The molecule has 0 radical (unpaired) electrons. The van der Waals surface area contributed by atoms with E-state index in [4.69, 9.17) is 10.5 Å². The van der Waals surface area contributed by atoms with Crippen molar-refractivity contribution >= 4 is 11.8 Å². The molecule has 0 aromatic heterocycles. The predicted molar refractivity (Wildman–Crippen MR) is 120 cm³/mol. The Morgan fingerprint density at radius 3 is 2.13 bits per heavy atom. The van der Waals surface area contributed by atoms with Gasteiger partial charge >= 0.3 is 0 Å². The van der Waals surface area contributed by atoms with Gasteiger partial charge in [0.05, 0.1) is 0 Å². The van der Waals surface area contributed by atoms with Crippen molar-refractivity contribution in [3.05, 3.63) is 65.2 Å². The second-order valence-corrected chi connectivity index (χ2v) is 8.49. The van der Waals surface area contributed by atoms with E-state index in [1.807, 2.05) is 38.1 Å². The number of amides is 2. The highest BCUT2D eigenvalue weighted by molar-refractivity contribution is 5.97. The van der Waals surface area contributed by atoms with Gasteiger partial charge in [-0.05, 0) is 53.1 Å². The third-order valence-electron chi connectivity index (χ3n) is 5.95. The molecule has 0 bridgehead atoms. The van der Waals surface area contributed by atoms with Crippen LogP contribution in [0.2, 0.25) is 0 Å². The lowest BCUT2D eigenvalue weighted by molar-refractivity contribution is -0.120. The largest absolute Gasteiger partial charge is 0.489 e. The van der Waals surface area contributed by atoms with Gasteiger partial charge in [-0.2, -0.15) is 0 Å². The fraction of sp³-hybridized carbons (Fsp3) is 0.440. The lowest BCUT2D eigenvalue weighted by Gasteiger charge is -2.23. The van der Waals surface area contributed by atoms with Gasteiger partial charge in [0.25, 0.3) is 5.91 Å². The van der Waals surface area contributed by atoms with Crippen LogP contribution in [0.15, 0.2) is 48.5 Å². The van der Waals surface area contributed by atoms with E-state index in [0.717, 1.165) is 24.2 Å². The van der Waals surface area contributed by atoms with Gasteiger partial charge in [0.1, 0.15) is 18.4 Å². The van der Waals surface area contributed by atoms with Crippen LogP contribution in [0.25, 0.3) is 0 Å². The number of carbonyl (C=O) groups is 2. The van der Waals surface area contributed by atoms with Crippen LogP contribution in [0.5, 0.6) is 5.75 Å². The molecular weight excluding hydrogens is 376 g/mol. The van der Waals surface area contributed by atoms with E-state index >= 15 is 0 Å². The molecule has 2 rings (SSSR count). The van der Waals surface area contributed by atoms with E-state index < -0.39 is 11.9 Å². The second kappa shape index (κ2) is 10.3. The Labute approximate surface area is 180 Å². The van der Waals surface area contributed by atoms with Gasteiger partial charge in [-0.25, -0.2) is 0 Å². The molecule has 2 atom stereocenters. The molecule has 0 aliphatic rings. The molecule has 3 N–H and O–H groups in total. The number of nitrogens with one attached hydrogen (secondary N) is 1. The number of carbonyl (C=O) groups excluding carboxylic acids is 2. The Morgan fingerprint density at radius 2 is 1.63 bits per heavy atom. The van der Waals surface area contributed by atoms with Crippen molar-refractivity contribution in [1.82, 2.24) is 5.32 Å². The molecule has 5 nitrogen and oxygen atoms in total. The Morgan fingerprint density at radius 1 is 1.03 bits per heavy atom. The Hall–Kier alpha value is -2.82. The molecule has 2 aromatic rings. The summed E-state index contributed by atoms with van der Waals surface area (Å²) in [5.74, 6) is -0.0319. The molecule has 162 valence electrons. The second-order valence-electron chi connectivity index (χ2n) is 8.49. The molecule has 0 heterocycles. The van der Waals surface area contributed by atoms with Crippen molar-refractivity contribution in [1.29, 1.82) is 0 Å². The Balaban J connectivity index is 1.96. The molecule has 30 heavy (non-hydrogen) atoms. The summed E-state index contributed by atoms with van der Waals surface area (Å²) in [4.78, 5) is 24.1. The summed E-state index contributed by atoms with van der Waals surface area (Å²) in [6.07, 6.45) is 1.83. The zero-order valence-electron chi connectivity index (χ0n) is 18.7. The standard InChI is InChI=1S/C25H34N2O3/c1-6-17(3)22(23(26)28)27-24(29)19-10-8-18(9-11-19)16-30-21-14-12-20(13-15-21)25(4,5)7-2/h8-15,17,22H,6-7,16H2,1-5H3,(H2,26,28)(H,27,29). The molecule has 0 aliphatic heterocycles. The number of nitrogens with two attached hydrogens (primary N) is 1. The highest BCUT2D eigenvalue weighted by Gasteiger charge is 2.24. The monoisotopic (exact) mass is 410 g/mol. The topological polar surface area (TPSA) is 81.4 Å². The average molecular weight is 411 g/mol. The maximum absolute atomic E-state index is 12.5. The minimum absolute atomic E-state index is 0.0200. The zero-order chi connectivity index (χ0) is 22.3. The van der Waals surface area contributed by atoms with E-state index in [0.29, 0.717) is 12.2 Å². The van der Waals surface area contributed by atoms with E-state index in [1.165, 1.54) is 5.56 Å². The zero-order valence-corrected chi connectivity index (χ0v) is 18.7. The van der Waals surface area contributed by atoms with Crippen LogP contribution in [0.1, 0.15) is 68.9 Å². The summed E-state index contributed by atoms with van der Waals surface area (Å²) in [5, 5.41) is 2.74. The maximum Gasteiger partial charge on any atom is 0.251 e. The molecule has 2 unspecified atom stereocenters. The maximum atomic E-state index is 12.5. The summed E-state index contributed by atoms with van der Waals surface area (Å²) >= 11 is 0. The first-order valence-electron chi connectivity index (χ1n) is 10.6. The lowest BCUT2D eigenvalue weighted by atomic mass is 9.82. The van der Waals surface area contributed by atoms with Gasteiger partial charge in [-0.3, -0.25) is 9.59 Å². The van der Waals surface area contributed by atoms with Crippen molar-refractivity contribution in [2.75, 3.05) is 0 Å². The SMILES string of the molecule is CCC(C)C(NC(=O)c1ccc(COc2ccc(C(C)(C)CC)cc2)cc1)C(N)=O. The highest BCUT2D eigenvalue weighted by atomic mass is 16.5. The summed E-state index contributed by atoms with van der Waals surface area (Å²) < 4.78 is 5.87. The van der Waals surface area contributed by atoms with Gasteiger partial charge in [-0.1, -0.05) is 65.3 Å². The fourth-order valence-corrected chi connectivity index (χ4v) is 3.08. The van der Waals surface area contributed by atoms with Gasteiger partial charge in [0.2, 0.25) is 5.91 Å². The van der Waals surface area contributed by atoms with Crippen molar-refractivity contribution in [3.8, 4) is 5.75 Å². The van der Waals surface area contributed by atoms with Gasteiger partial charge in [-0.15, -0.1) is 0 Å². The van der Waals surface area contributed by atoms with Gasteiger partial charge < -0.3 is 15.8 Å². The Bertz CT molecular complexity index is 842. The summed E-state index contributed by atoms with van der Waals surface area (Å²) in [7, 11) is 0. The van der Waals surface area contributed by atoms with E-state index in [1.54, 1.807) is 12.1 Å². The number of hydrogen-bond donors (Lipinski definition) is 2. The van der Waals surface area contributed by atoms with Crippen molar-refractivity contribution < 1.29 is 14.3 Å². The normalized spacial score (nSPS) is 13.4. The minimum atomic E-state index is -0.675. The van der Waals surface area contributed by atoms with E-state index in [-0.39, 0.29) is 17.2 Å². The van der Waals surface area contributed by atoms with Crippen LogP contribution >= 0.6 is 0 Å². The van der Waals surface area contributed by atoms with Gasteiger partial charge in [0, 0.05) is 5.56 Å². The van der Waals surface area contributed by atoms with E-state index in [9.17, 15) is 9.59 Å². The molecular formula is C25H34N2O3. The molecule has 0 saturated carbocycles. The third kappa shape index (κ3) is 6.09. The van der Waals surface area contributed by atoms with Crippen LogP contribution in [-0.4, -0.2) is 17.9 Å². The molecule has 0 aliphatic carbocycles. The van der Waals surface area contributed by atoms with Crippen LogP contribution < -0.4 is 15.8 Å². The molecule has 2 aromatic carbocycles. The molecule has 2 amide bonds. The number of hydrogen-bond acceptors (Lipinski definition) is 3. The number of benzene rings is 2. The third-order valence-corrected chi connectivity index (χ3v) is 5.95. The number of ether oxygens (including phenoxy) is 1. The quantitative estimate of drug-likeness (QED) is 0.601. The van der Waals surface area contributed by atoms with Crippen LogP contribution in [0.3, 0.4) is 0 Å². The summed E-state index contributed by atoms with van der Waals surface area (Å²) in [6.45, 7) is 10.9. The molecule has 5 heteroatoms. The average Bonchev–Trinajstić information content (AvgIpc) is 2.75. The summed E-state index contributed by atoms with van der Waals surface area (Å²) in [5.41, 5.74) is 8.31. The number of rotatable bonds is 10. The first kappa shape index (κ1) is 23.5. The van der Waals surface area contributed by atoms with Crippen molar-refractivity contribution in [2.45, 2.75) is 65.5 Å². The minimum Gasteiger partial charge on any atom is -0.489 e. The smallest absolute Gasteiger partial charge is 0.251 e. The van der Waals surface area contributed by atoms with Crippen LogP contribution in [0.4, 0.5) is 0 Å². The van der Waals surface area contributed by atoms with Crippen molar-refractivity contribution in [2.24, 2.45) is 11.7 Å². The predicted octanol–water partition coefficient (Wildman–Crippen LogP) is 4.58. The molecule has 0 saturated heterocycles. The summed E-state index contributed by atoms with van der Waals surface area (Å²) in [6, 6.07) is 14.7. The Kier molecular flexibility index (Phi) is 8.04. The van der Waals surface area contributed by atoms with E-state index in [2.05, 4.69) is 38.2 Å². The lowest BCUT2D eigenvalue weighted by Crippen LogP contribution is -2.48. The first-order chi connectivity index (χ1) is 14.2. The molecule has 0 fully saturated rings. The van der Waals surface area contributed by atoms with Crippen LogP contribution in [-0.2, 0) is 16.8 Å². The first-order valence-corrected chi connectivity index (χ1v) is 10.6. The fourth-order valence-electron chi connectivity index (χ4n) is 3.08. The van der Waals surface area contributed by atoms with Gasteiger partial charge in [0.15, 0.2) is 0 Å². The van der Waals surface area contributed by atoms with Crippen molar-refractivity contribution in [3.63, 3.8) is 0 Å². The molecule has 0 spiro atoms. The van der Waals surface area contributed by atoms with Crippen LogP contribution in [0, 0.1) is 5.92 Å². The highest BCUT2D eigenvalue weighted by Crippen LogP contribution is 2.28. The number of primary amides is 1.